The van der Waals surface area contributed by atoms with Crippen molar-refractivity contribution in [3.05, 3.63) is 0 Å². The van der Waals surface area contributed by atoms with Gasteiger partial charge in [-0.25, -0.2) is 0 Å². The monoisotopic (exact) mass is 469 g/mol. The Morgan fingerprint density at radius 1 is 1.04 bits per heavy atom. The Balaban J connectivity index is 0. The number of guanidine groups is 1. The smallest absolute Gasteiger partial charge is 0.242 e. The summed E-state index contributed by atoms with van der Waals surface area (Å²) in [5.41, 5.74) is -0.402. The molecule has 0 aromatic rings. The van der Waals surface area contributed by atoms with Crippen LogP contribution < -0.4 is 10.6 Å². The molecule has 0 aliphatic rings. The quantitative estimate of drug-likeness (QED) is 0.245. The minimum atomic E-state index is -0.402. The van der Waals surface area contributed by atoms with E-state index in [0.717, 1.165) is 6.54 Å². The molecule has 0 aliphatic carbocycles. The highest BCUT2D eigenvalue weighted by Gasteiger charge is 2.20. The molecule has 0 saturated heterocycles. The van der Waals surface area contributed by atoms with E-state index in [1.165, 1.54) is 0 Å². The molecule has 0 aliphatic heterocycles. The van der Waals surface area contributed by atoms with Crippen LogP contribution in [0.4, 0.5) is 0 Å². The van der Waals surface area contributed by atoms with E-state index < -0.39 is 5.41 Å². The molecule has 0 rings (SSSR count). The fraction of sp³-hybridized carbons (Fsp3) is 0.824. The first-order valence-electron chi connectivity index (χ1n) is 8.72. The summed E-state index contributed by atoms with van der Waals surface area (Å²) in [5, 5.41) is 6.04. The van der Waals surface area contributed by atoms with Gasteiger partial charge in [-0.15, -0.1) is 24.0 Å². The number of hydrogen-bond acceptors (Lipinski definition) is 3. The van der Waals surface area contributed by atoms with Crippen molar-refractivity contribution in [1.29, 1.82) is 0 Å². The number of halogens is 1. The van der Waals surface area contributed by atoms with Crippen LogP contribution in [0.25, 0.3) is 0 Å². The van der Waals surface area contributed by atoms with E-state index in [2.05, 4.69) is 15.6 Å². The summed E-state index contributed by atoms with van der Waals surface area (Å²) in [7, 11) is 1.84. The molecule has 0 saturated carbocycles. The summed E-state index contributed by atoms with van der Waals surface area (Å²) in [5.74, 6) is 0.755. The van der Waals surface area contributed by atoms with Crippen LogP contribution in [-0.4, -0.2) is 73.9 Å². The number of likely N-dealkylation sites (N-methyl/N-ethyl adjacent to an activating group) is 2. The molecule has 25 heavy (non-hydrogen) atoms. The standard InChI is InChI=1S/C17H35N5O2.HI/c1-8-18-16(20-12-11-19-15(24)17(4,5)6)21(7)13-14(23)22(9-2)10-3;/h8-13H2,1-7H3,(H,18,20)(H,19,24);1H. The van der Waals surface area contributed by atoms with E-state index in [-0.39, 0.29) is 42.3 Å². The van der Waals surface area contributed by atoms with Gasteiger partial charge in [0.1, 0.15) is 0 Å². The molecule has 7 nitrogen and oxygen atoms in total. The summed E-state index contributed by atoms with van der Waals surface area (Å²) in [6, 6.07) is 0. The molecular weight excluding hydrogens is 433 g/mol. The maximum Gasteiger partial charge on any atom is 0.242 e. The normalized spacial score (nSPS) is 11.4. The summed E-state index contributed by atoms with van der Waals surface area (Å²) in [6.07, 6.45) is 0. The van der Waals surface area contributed by atoms with Crippen LogP contribution in [0.3, 0.4) is 0 Å². The van der Waals surface area contributed by atoms with Gasteiger partial charge in [-0.1, -0.05) is 20.8 Å². The van der Waals surface area contributed by atoms with Gasteiger partial charge in [0.25, 0.3) is 0 Å². The van der Waals surface area contributed by atoms with Crippen LogP contribution in [0.2, 0.25) is 0 Å². The number of nitrogens with zero attached hydrogens (tertiary/aromatic N) is 3. The Kier molecular flexibility index (Phi) is 13.8. The van der Waals surface area contributed by atoms with Crippen LogP contribution >= 0.6 is 24.0 Å². The Morgan fingerprint density at radius 2 is 1.60 bits per heavy atom. The molecule has 0 atom stereocenters. The predicted octanol–water partition coefficient (Wildman–Crippen LogP) is 1.53. The van der Waals surface area contributed by atoms with Crippen molar-refractivity contribution >= 4 is 41.8 Å². The van der Waals surface area contributed by atoms with Gasteiger partial charge < -0.3 is 20.4 Å². The van der Waals surface area contributed by atoms with Gasteiger partial charge in [-0.3, -0.25) is 14.6 Å². The molecule has 0 spiro atoms. The SMILES string of the molecule is CCNC(=NCCNC(=O)C(C)(C)C)N(C)CC(=O)N(CC)CC.I. The molecule has 2 amide bonds. The minimum Gasteiger partial charge on any atom is -0.357 e. The highest BCUT2D eigenvalue weighted by molar-refractivity contribution is 14.0. The van der Waals surface area contributed by atoms with Gasteiger partial charge in [0, 0.05) is 38.6 Å². The molecule has 0 heterocycles. The zero-order chi connectivity index (χ0) is 18.8. The van der Waals surface area contributed by atoms with Gasteiger partial charge >= 0.3 is 0 Å². The van der Waals surface area contributed by atoms with Gasteiger partial charge in [-0.05, 0) is 20.8 Å². The minimum absolute atomic E-state index is 0. The fourth-order valence-electron chi connectivity index (χ4n) is 2.02. The van der Waals surface area contributed by atoms with E-state index in [0.29, 0.717) is 32.1 Å². The number of carbonyl (C=O) groups is 2. The maximum atomic E-state index is 12.2. The Hall–Kier alpha value is -1.06. The lowest BCUT2D eigenvalue weighted by molar-refractivity contribution is -0.131. The average Bonchev–Trinajstić information content (AvgIpc) is 2.50. The number of aliphatic imine (C=N–C) groups is 1. The molecule has 8 heteroatoms. The zero-order valence-electron chi connectivity index (χ0n) is 16.8. The third kappa shape index (κ3) is 10.5. The van der Waals surface area contributed by atoms with Gasteiger partial charge in [0.15, 0.2) is 5.96 Å². The lowest BCUT2D eigenvalue weighted by Gasteiger charge is -2.25. The molecule has 0 aromatic carbocycles. The second-order valence-electron chi connectivity index (χ2n) is 6.66. The van der Waals surface area contributed by atoms with E-state index in [9.17, 15) is 9.59 Å². The molecule has 0 bridgehead atoms. The zero-order valence-corrected chi connectivity index (χ0v) is 19.1. The third-order valence-corrected chi connectivity index (χ3v) is 3.53. The molecule has 0 aromatic heterocycles. The molecular formula is C17H36IN5O2. The first-order chi connectivity index (χ1) is 11.2. The lowest BCUT2D eigenvalue weighted by Crippen LogP contribution is -2.46. The van der Waals surface area contributed by atoms with Crippen molar-refractivity contribution in [2.24, 2.45) is 10.4 Å². The molecule has 0 unspecified atom stereocenters. The number of nitrogens with one attached hydrogen (secondary N) is 2. The van der Waals surface area contributed by atoms with Gasteiger partial charge in [-0.2, -0.15) is 0 Å². The van der Waals surface area contributed by atoms with Gasteiger partial charge in [0.2, 0.25) is 11.8 Å². The van der Waals surface area contributed by atoms with Crippen molar-refractivity contribution in [2.45, 2.75) is 41.5 Å². The summed E-state index contributed by atoms with van der Waals surface area (Å²) in [4.78, 5) is 32.1. The average molecular weight is 469 g/mol. The van der Waals surface area contributed by atoms with Crippen LogP contribution in [0.1, 0.15) is 41.5 Å². The van der Waals surface area contributed by atoms with Crippen LogP contribution in [0.15, 0.2) is 4.99 Å². The fourth-order valence-corrected chi connectivity index (χ4v) is 2.02. The summed E-state index contributed by atoms with van der Waals surface area (Å²) in [6.45, 7) is 14.9. The number of hydrogen-bond donors (Lipinski definition) is 2. The van der Waals surface area contributed by atoms with E-state index in [1.54, 1.807) is 4.90 Å². The Labute approximate surface area is 170 Å². The predicted molar refractivity (Wildman–Crippen MR) is 114 cm³/mol. The highest BCUT2D eigenvalue weighted by atomic mass is 127. The molecule has 0 radical (unpaired) electrons. The number of rotatable bonds is 8. The summed E-state index contributed by atoms with van der Waals surface area (Å²) >= 11 is 0. The first-order valence-corrected chi connectivity index (χ1v) is 8.72. The second kappa shape index (κ2) is 13.2. The van der Waals surface area contributed by atoms with Crippen molar-refractivity contribution in [1.82, 2.24) is 20.4 Å². The van der Waals surface area contributed by atoms with Crippen LogP contribution in [0, 0.1) is 5.41 Å². The molecule has 2 N–H and O–H groups in total. The summed E-state index contributed by atoms with van der Waals surface area (Å²) < 4.78 is 0. The maximum absolute atomic E-state index is 12.2. The van der Waals surface area contributed by atoms with Crippen molar-refractivity contribution in [3.8, 4) is 0 Å². The largest absolute Gasteiger partial charge is 0.357 e. The Bertz CT molecular complexity index is 431. The number of carbonyl (C=O) groups excluding carboxylic acids is 2. The van der Waals surface area contributed by atoms with Crippen LogP contribution in [-0.2, 0) is 9.59 Å². The molecule has 148 valence electrons. The van der Waals surface area contributed by atoms with Crippen LogP contribution in [0.5, 0.6) is 0 Å². The van der Waals surface area contributed by atoms with E-state index in [1.807, 2.05) is 53.5 Å². The number of amides is 2. The van der Waals surface area contributed by atoms with Gasteiger partial charge in [0.05, 0.1) is 13.1 Å². The van der Waals surface area contributed by atoms with E-state index in [4.69, 9.17) is 0 Å². The topological polar surface area (TPSA) is 77.0 Å². The van der Waals surface area contributed by atoms with Crippen molar-refractivity contribution in [2.75, 3.05) is 46.3 Å². The third-order valence-electron chi connectivity index (χ3n) is 3.53. The Morgan fingerprint density at radius 3 is 2.04 bits per heavy atom. The lowest BCUT2D eigenvalue weighted by atomic mass is 9.96. The van der Waals surface area contributed by atoms with Crippen molar-refractivity contribution in [3.63, 3.8) is 0 Å². The van der Waals surface area contributed by atoms with E-state index >= 15 is 0 Å². The molecule has 0 fully saturated rings. The first kappa shape index (κ1) is 26.2. The highest BCUT2D eigenvalue weighted by Crippen LogP contribution is 2.11. The second-order valence-corrected chi connectivity index (χ2v) is 6.66. The van der Waals surface area contributed by atoms with Crippen molar-refractivity contribution < 1.29 is 9.59 Å².